The van der Waals surface area contributed by atoms with Crippen molar-refractivity contribution in [3.63, 3.8) is 0 Å². The van der Waals surface area contributed by atoms with Gasteiger partial charge >= 0.3 is 0 Å². The summed E-state index contributed by atoms with van der Waals surface area (Å²) in [5.74, 6) is 0.747. The lowest BCUT2D eigenvalue weighted by atomic mass is 9.98. The Balaban J connectivity index is 1.34. The highest BCUT2D eigenvalue weighted by Gasteiger charge is 2.29. The second-order valence-electron chi connectivity index (χ2n) is 9.57. The van der Waals surface area contributed by atoms with Gasteiger partial charge in [0.05, 0.1) is 27.6 Å². The number of hydrogen-bond donors (Lipinski definition) is 2. The second-order valence-corrected chi connectivity index (χ2v) is 10.8. The molecule has 8 heteroatoms. The van der Waals surface area contributed by atoms with Crippen molar-refractivity contribution >= 4 is 38.8 Å². The SMILES string of the molecule is CNCC1CN(c2cc(-c3ccc(N4CCN(C(=O)C(C)N)CC4)cc3)nc3cc(C)sc23)C1. The average molecular weight is 479 g/mol. The van der Waals surface area contributed by atoms with Gasteiger partial charge < -0.3 is 25.8 Å². The highest BCUT2D eigenvalue weighted by atomic mass is 32.1. The van der Waals surface area contributed by atoms with E-state index in [1.54, 1.807) is 6.92 Å². The first-order valence-electron chi connectivity index (χ1n) is 12.1. The third kappa shape index (κ3) is 4.50. The highest BCUT2D eigenvalue weighted by Crippen LogP contribution is 2.39. The molecule has 3 aromatic rings. The molecular formula is C26H34N6OS. The van der Waals surface area contributed by atoms with Crippen LogP contribution < -0.4 is 20.9 Å². The minimum absolute atomic E-state index is 0.0374. The number of nitrogens with zero attached hydrogens (tertiary/aromatic N) is 4. The predicted octanol–water partition coefficient (Wildman–Crippen LogP) is 2.92. The predicted molar refractivity (Wildman–Crippen MR) is 142 cm³/mol. The molecule has 180 valence electrons. The van der Waals surface area contributed by atoms with Gasteiger partial charge in [-0.15, -0.1) is 11.3 Å². The molecule has 7 nitrogen and oxygen atoms in total. The summed E-state index contributed by atoms with van der Waals surface area (Å²) in [5.41, 5.74) is 11.5. The normalized spacial score (nSPS) is 17.8. The summed E-state index contributed by atoms with van der Waals surface area (Å²) < 4.78 is 1.29. The number of carbonyl (C=O) groups excluding carboxylic acids is 1. The number of aryl methyl sites for hydroxylation is 1. The number of anilines is 2. The Kier molecular flexibility index (Phi) is 6.46. The molecule has 2 aliphatic heterocycles. The summed E-state index contributed by atoms with van der Waals surface area (Å²) in [5, 5.41) is 3.30. The summed E-state index contributed by atoms with van der Waals surface area (Å²) >= 11 is 1.84. The van der Waals surface area contributed by atoms with E-state index in [1.807, 2.05) is 23.3 Å². The zero-order valence-electron chi connectivity index (χ0n) is 20.3. The van der Waals surface area contributed by atoms with E-state index in [0.29, 0.717) is 19.0 Å². The number of amides is 1. The maximum absolute atomic E-state index is 12.2. The Labute approximate surface area is 205 Å². The number of nitrogens with two attached hydrogens (primary N) is 1. The Bertz CT molecular complexity index is 1160. The van der Waals surface area contributed by atoms with Gasteiger partial charge in [-0.25, -0.2) is 4.98 Å². The zero-order chi connectivity index (χ0) is 23.8. The third-order valence-electron chi connectivity index (χ3n) is 6.88. The second kappa shape index (κ2) is 9.52. The molecule has 0 spiro atoms. The van der Waals surface area contributed by atoms with Crippen LogP contribution in [0.2, 0.25) is 0 Å². The number of fused-ring (bicyclic) bond motifs is 1. The first-order valence-corrected chi connectivity index (χ1v) is 12.9. The maximum Gasteiger partial charge on any atom is 0.239 e. The van der Waals surface area contributed by atoms with E-state index in [2.05, 4.69) is 58.4 Å². The van der Waals surface area contributed by atoms with Gasteiger partial charge in [-0.1, -0.05) is 12.1 Å². The molecule has 0 saturated carbocycles. The van der Waals surface area contributed by atoms with E-state index in [-0.39, 0.29) is 5.91 Å². The summed E-state index contributed by atoms with van der Waals surface area (Å²) in [4.78, 5) is 25.2. The Hall–Kier alpha value is -2.68. The monoisotopic (exact) mass is 478 g/mol. The van der Waals surface area contributed by atoms with Gasteiger partial charge in [0.15, 0.2) is 0 Å². The van der Waals surface area contributed by atoms with Gasteiger partial charge in [-0.2, -0.15) is 0 Å². The van der Waals surface area contributed by atoms with Crippen LogP contribution in [0, 0.1) is 12.8 Å². The van der Waals surface area contributed by atoms with Crippen LogP contribution in [0.4, 0.5) is 11.4 Å². The van der Waals surface area contributed by atoms with Crippen molar-refractivity contribution in [3.8, 4) is 11.3 Å². The van der Waals surface area contributed by atoms with Gasteiger partial charge in [-0.05, 0) is 45.2 Å². The molecule has 1 unspecified atom stereocenters. The van der Waals surface area contributed by atoms with Crippen molar-refractivity contribution < 1.29 is 4.79 Å². The topological polar surface area (TPSA) is 77.7 Å². The number of piperazine rings is 1. The standard InChI is InChI=1S/C26H34N6OS/c1-17-12-23-25(34-17)24(32-15-19(16-32)14-28-3)13-22(29-23)20-4-6-21(7-5-20)30-8-10-31(11-9-30)26(33)18(2)27/h4-7,12-13,18-19,28H,8-11,14-16,27H2,1-3H3. The minimum Gasteiger partial charge on any atom is -0.369 e. The average Bonchev–Trinajstić information content (AvgIpc) is 3.20. The van der Waals surface area contributed by atoms with Crippen LogP contribution in [0.5, 0.6) is 0 Å². The molecule has 2 aliphatic rings. The summed E-state index contributed by atoms with van der Waals surface area (Å²) in [6.07, 6.45) is 0. The van der Waals surface area contributed by atoms with E-state index < -0.39 is 6.04 Å². The molecule has 2 fully saturated rings. The number of hydrogen-bond acceptors (Lipinski definition) is 7. The van der Waals surface area contributed by atoms with Crippen LogP contribution in [-0.4, -0.2) is 74.7 Å². The van der Waals surface area contributed by atoms with Gasteiger partial charge in [0.2, 0.25) is 5.91 Å². The summed E-state index contributed by atoms with van der Waals surface area (Å²) in [6, 6.07) is 12.7. The number of rotatable bonds is 6. The zero-order valence-corrected chi connectivity index (χ0v) is 21.1. The number of nitrogens with one attached hydrogen (secondary N) is 1. The van der Waals surface area contributed by atoms with Crippen LogP contribution in [-0.2, 0) is 4.79 Å². The van der Waals surface area contributed by atoms with Crippen molar-refractivity contribution in [1.82, 2.24) is 15.2 Å². The number of carbonyl (C=O) groups is 1. The fourth-order valence-corrected chi connectivity index (χ4v) is 6.00. The van der Waals surface area contributed by atoms with Crippen LogP contribution in [0.25, 0.3) is 21.5 Å². The van der Waals surface area contributed by atoms with Crippen molar-refractivity contribution in [2.24, 2.45) is 11.7 Å². The van der Waals surface area contributed by atoms with Crippen LogP contribution >= 0.6 is 11.3 Å². The molecule has 2 aromatic heterocycles. The molecule has 1 aromatic carbocycles. The molecule has 0 bridgehead atoms. The number of aromatic nitrogens is 1. The minimum atomic E-state index is -0.432. The Morgan fingerprint density at radius 1 is 1.15 bits per heavy atom. The Morgan fingerprint density at radius 3 is 2.50 bits per heavy atom. The fourth-order valence-electron chi connectivity index (χ4n) is 5.01. The number of pyridine rings is 1. The molecule has 0 radical (unpaired) electrons. The maximum atomic E-state index is 12.2. The van der Waals surface area contributed by atoms with E-state index in [1.165, 1.54) is 21.0 Å². The van der Waals surface area contributed by atoms with Crippen LogP contribution in [0.15, 0.2) is 36.4 Å². The molecule has 5 rings (SSSR count). The van der Waals surface area contributed by atoms with Crippen LogP contribution in [0.3, 0.4) is 0 Å². The van der Waals surface area contributed by atoms with Crippen molar-refractivity contribution in [2.75, 3.05) is 62.7 Å². The van der Waals surface area contributed by atoms with E-state index in [0.717, 1.165) is 49.5 Å². The van der Waals surface area contributed by atoms with Crippen LogP contribution in [0.1, 0.15) is 11.8 Å². The quantitative estimate of drug-likeness (QED) is 0.567. The van der Waals surface area contributed by atoms with Crippen molar-refractivity contribution in [1.29, 1.82) is 0 Å². The van der Waals surface area contributed by atoms with E-state index >= 15 is 0 Å². The lowest BCUT2D eigenvalue weighted by molar-refractivity contribution is -0.132. The lowest BCUT2D eigenvalue weighted by Gasteiger charge is -2.41. The first-order chi connectivity index (χ1) is 16.4. The first kappa shape index (κ1) is 23.1. The van der Waals surface area contributed by atoms with Gasteiger partial charge in [-0.3, -0.25) is 4.79 Å². The molecule has 1 amide bonds. The molecule has 2 saturated heterocycles. The van der Waals surface area contributed by atoms with Crippen molar-refractivity contribution in [2.45, 2.75) is 19.9 Å². The largest absolute Gasteiger partial charge is 0.369 e. The smallest absolute Gasteiger partial charge is 0.239 e. The molecule has 1 atom stereocenters. The van der Waals surface area contributed by atoms with Crippen molar-refractivity contribution in [3.05, 3.63) is 41.3 Å². The lowest BCUT2D eigenvalue weighted by Crippen LogP contribution is -2.52. The third-order valence-corrected chi connectivity index (χ3v) is 7.94. The summed E-state index contributed by atoms with van der Waals surface area (Å²) in [6.45, 7) is 10.2. The molecular weight excluding hydrogens is 444 g/mol. The van der Waals surface area contributed by atoms with Gasteiger partial charge in [0.25, 0.3) is 0 Å². The highest BCUT2D eigenvalue weighted by molar-refractivity contribution is 7.19. The van der Waals surface area contributed by atoms with E-state index in [9.17, 15) is 4.79 Å². The Morgan fingerprint density at radius 2 is 1.85 bits per heavy atom. The summed E-state index contributed by atoms with van der Waals surface area (Å²) in [7, 11) is 2.03. The van der Waals surface area contributed by atoms with E-state index in [4.69, 9.17) is 10.7 Å². The van der Waals surface area contributed by atoms with Gasteiger partial charge in [0.1, 0.15) is 0 Å². The molecule has 0 aliphatic carbocycles. The molecule has 3 N–H and O–H groups in total. The molecule has 34 heavy (non-hydrogen) atoms. The van der Waals surface area contributed by atoms with Gasteiger partial charge in [0, 0.05) is 67.9 Å². The number of benzene rings is 1. The fraction of sp³-hybridized carbons (Fsp3) is 0.462. The molecule has 4 heterocycles. The number of thiophene rings is 1.